The first-order valence-corrected chi connectivity index (χ1v) is 5.41. The van der Waals surface area contributed by atoms with E-state index in [-0.39, 0.29) is 6.61 Å². The molecule has 0 aromatic carbocycles. The van der Waals surface area contributed by atoms with Crippen molar-refractivity contribution in [1.82, 2.24) is 4.98 Å². The summed E-state index contributed by atoms with van der Waals surface area (Å²) in [6.45, 7) is -0.322. The zero-order chi connectivity index (χ0) is 11.7. The number of ether oxygens (including phenoxy) is 1. The lowest BCUT2D eigenvalue weighted by Crippen LogP contribution is -2.51. The van der Waals surface area contributed by atoms with Gasteiger partial charge in [-0.15, -0.1) is 0 Å². The molecule has 86 valence electrons. The summed E-state index contributed by atoms with van der Waals surface area (Å²) in [5.41, 5.74) is 5.56. The highest BCUT2D eigenvalue weighted by Gasteiger charge is 2.33. The second kappa shape index (κ2) is 4.36. The van der Waals surface area contributed by atoms with Crippen LogP contribution >= 0.6 is 15.9 Å². The number of amides is 1. The summed E-state index contributed by atoms with van der Waals surface area (Å²) in [5, 5.41) is 11.5. The third kappa shape index (κ3) is 2.01. The Morgan fingerprint density at radius 1 is 1.69 bits per heavy atom. The fourth-order valence-corrected chi connectivity index (χ4v) is 1.67. The highest BCUT2D eigenvalue weighted by molar-refractivity contribution is 9.10. The molecule has 0 saturated heterocycles. The van der Waals surface area contributed by atoms with Gasteiger partial charge in [0, 0.05) is 0 Å². The molecule has 0 bridgehead atoms. The molecule has 0 saturated carbocycles. The van der Waals surface area contributed by atoms with Gasteiger partial charge in [0.2, 0.25) is 0 Å². The summed E-state index contributed by atoms with van der Waals surface area (Å²) >= 11 is 3.19. The van der Waals surface area contributed by atoms with E-state index in [2.05, 4.69) is 26.2 Å². The fraction of sp³-hybridized carbons (Fsp3) is 0.333. The van der Waals surface area contributed by atoms with Gasteiger partial charge in [-0.25, -0.2) is 4.98 Å². The van der Waals surface area contributed by atoms with Crippen molar-refractivity contribution in [2.75, 3.05) is 11.9 Å². The number of hydrogen-bond acceptors (Lipinski definition) is 5. The predicted octanol–water partition coefficient (Wildman–Crippen LogP) is -0.137. The van der Waals surface area contributed by atoms with Gasteiger partial charge < -0.3 is 20.9 Å². The van der Waals surface area contributed by atoms with Crippen molar-refractivity contribution in [2.24, 2.45) is 5.73 Å². The summed E-state index contributed by atoms with van der Waals surface area (Å²) < 4.78 is 5.97. The largest absolute Gasteiger partial charge is 0.475 e. The number of anilines is 1. The second-order valence-electron chi connectivity index (χ2n) is 3.35. The molecular weight excluding hydrogens is 278 g/mol. The maximum atomic E-state index is 11.6. The molecule has 7 heteroatoms. The Morgan fingerprint density at radius 2 is 2.44 bits per heavy atom. The summed E-state index contributed by atoms with van der Waals surface area (Å²) in [6, 6.07) is 2.61. The van der Waals surface area contributed by atoms with Gasteiger partial charge >= 0.3 is 0 Å². The minimum atomic E-state index is -0.888. The molecule has 2 rings (SSSR count). The average molecular weight is 288 g/mol. The first kappa shape index (κ1) is 11.3. The molecule has 16 heavy (non-hydrogen) atoms. The molecule has 4 N–H and O–H groups in total. The van der Waals surface area contributed by atoms with Gasteiger partial charge in [0.05, 0.1) is 12.6 Å². The summed E-state index contributed by atoms with van der Waals surface area (Å²) in [7, 11) is 0. The highest BCUT2D eigenvalue weighted by Crippen LogP contribution is 2.29. The normalized spacial score (nSPS) is 20.7. The van der Waals surface area contributed by atoms with Crippen molar-refractivity contribution < 1.29 is 14.6 Å². The Labute approximate surface area is 99.9 Å². The van der Waals surface area contributed by atoms with Crippen LogP contribution in [0.25, 0.3) is 0 Å². The molecule has 0 fully saturated rings. The number of hydrogen-bond donors (Lipinski definition) is 3. The van der Waals surface area contributed by atoms with Gasteiger partial charge in [-0.2, -0.15) is 0 Å². The number of aliphatic hydroxyl groups is 1. The van der Waals surface area contributed by atoms with Crippen LogP contribution in [0.5, 0.6) is 5.75 Å². The van der Waals surface area contributed by atoms with Crippen LogP contribution in [0.3, 0.4) is 0 Å². The Balaban J connectivity index is 2.28. The van der Waals surface area contributed by atoms with Gasteiger partial charge in [-0.05, 0) is 28.1 Å². The molecule has 2 atom stereocenters. The number of nitrogens with zero attached hydrogens (tertiary/aromatic N) is 1. The number of aliphatic hydroxyl groups excluding tert-OH is 1. The molecular formula is C9H10BrN3O3. The Bertz CT molecular complexity index is 426. The molecule has 2 unspecified atom stereocenters. The molecule has 2 heterocycles. The zero-order valence-electron chi connectivity index (χ0n) is 8.18. The van der Waals surface area contributed by atoms with Gasteiger partial charge in [-0.3, -0.25) is 4.79 Å². The first-order chi connectivity index (χ1) is 7.61. The highest BCUT2D eigenvalue weighted by atomic mass is 79.9. The first-order valence-electron chi connectivity index (χ1n) is 4.62. The minimum Gasteiger partial charge on any atom is -0.475 e. The number of halogens is 1. The molecule has 0 aliphatic carbocycles. The molecule has 1 aliphatic heterocycles. The third-order valence-electron chi connectivity index (χ3n) is 2.18. The van der Waals surface area contributed by atoms with Crippen molar-refractivity contribution in [2.45, 2.75) is 12.1 Å². The maximum Gasteiger partial charge on any atom is 0.268 e. The Kier molecular flexibility index (Phi) is 3.08. The Morgan fingerprint density at radius 3 is 3.12 bits per heavy atom. The quantitative estimate of drug-likeness (QED) is 0.658. The van der Waals surface area contributed by atoms with Crippen LogP contribution in [0.2, 0.25) is 0 Å². The number of nitrogens with two attached hydrogens (primary N) is 1. The third-order valence-corrected chi connectivity index (χ3v) is 2.62. The number of carbonyl (C=O) groups excluding carboxylic acids is 1. The van der Waals surface area contributed by atoms with Crippen molar-refractivity contribution in [3.63, 3.8) is 0 Å². The van der Waals surface area contributed by atoms with E-state index >= 15 is 0 Å². The molecule has 1 aromatic rings. The lowest BCUT2D eigenvalue weighted by atomic mass is 10.1. The number of pyridine rings is 1. The zero-order valence-corrected chi connectivity index (χ0v) is 9.77. The van der Waals surface area contributed by atoms with Crippen LogP contribution in [-0.4, -0.2) is 34.8 Å². The second-order valence-corrected chi connectivity index (χ2v) is 4.17. The lowest BCUT2D eigenvalue weighted by molar-refractivity contribution is -0.124. The summed E-state index contributed by atoms with van der Waals surface area (Å²) in [5.74, 6) is 0.386. The van der Waals surface area contributed by atoms with Crippen molar-refractivity contribution in [3.8, 4) is 5.75 Å². The van der Waals surface area contributed by atoms with Crippen LogP contribution in [-0.2, 0) is 4.79 Å². The standard InChI is InChI=1S/C9H10BrN3O3/c10-6-2-1-5-8(12-6)13-9(15)7(16-5)4(11)3-14/h1-2,4,7,14H,3,11H2,(H,12,13,15). The van der Waals surface area contributed by atoms with Gasteiger partial charge in [-0.1, -0.05) is 0 Å². The van der Waals surface area contributed by atoms with Crippen molar-refractivity contribution in [3.05, 3.63) is 16.7 Å². The van der Waals surface area contributed by atoms with Crippen molar-refractivity contribution in [1.29, 1.82) is 0 Å². The van der Waals surface area contributed by atoms with Crippen LogP contribution in [0, 0.1) is 0 Å². The fourth-order valence-electron chi connectivity index (χ4n) is 1.36. The number of fused-ring (bicyclic) bond motifs is 1. The van der Waals surface area contributed by atoms with Crippen LogP contribution in [0.15, 0.2) is 16.7 Å². The van der Waals surface area contributed by atoms with E-state index in [1.54, 1.807) is 12.1 Å². The van der Waals surface area contributed by atoms with E-state index < -0.39 is 18.1 Å². The SMILES string of the molecule is NC(CO)C1Oc2ccc(Br)nc2NC1=O. The van der Waals surface area contributed by atoms with E-state index in [1.165, 1.54) is 0 Å². The van der Waals surface area contributed by atoms with Crippen LogP contribution < -0.4 is 15.8 Å². The number of nitrogens with one attached hydrogen (secondary N) is 1. The molecule has 0 radical (unpaired) electrons. The van der Waals surface area contributed by atoms with Crippen molar-refractivity contribution >= 4 is 27.7 Å². The smallest absolute Gasteiger partial charge is 0.268 e. The average Bonchev–Trinajstić information content (AvgIpc) is 2.27. The summed E-state index contributed by atoms with van der Waals surface area (Å²) in [4.78, 5) is 15.6. The van der Waals surface area contributed by atoms with E-state index in [1.807, 2.05) is 0 Å². The minimum absolute atomic E-state index is 0.322. The topological polar surface area (TPSA) is 97.5 Å². The molecule has 1 aromatic heterocycles. The lowest BCUT2D eigenvalue weighted by Gasteiger charge is -2.27. The van der Waals surface area contributed by atoms with Crippen LogP contribution in [0.1, 0.15) is 0 Å². The van der Waals surface area contributed by atoms with E-state index in [4.69, 9.17) is 15.6 Å². The molecule has 1 aliphatic rings. The van der Waals surface area contributed by atoms with E-state index in [0.29, 0.717) is 16.2 Å². The monoisotopic (exact) mass is 287 g/mol. The predicted molar refractivity (Wildman–Crippen MR) is 60.0 cm³/mol. The van der Waals surface area contributed by atoms with Gasteiger partial charge in [0.25, 0.3) is 5.91 Å². The van der Waals surface area contributed by atoms with E-state index in [9.17, 15) is 4.79 Å². The van der Waals surface area contributed by atoms with Gasteiger partial charge in [0.1, 0.15) is 4.60 Å². The molecule has 6 nitrogen and oxygen atoms in total. The Hall–Kier alpha value is -1.18. The number of aromatic nitrogens is 1. The van der Waals surface area contributed by atoms with Gasteiger partial charge in [0.15, 0.2) is 17.7 Å². The molecule has 0 spiro atoms. The number of carbonyl (C=O) groups is 1. The molecule has 1 amide bonds. The summed E-state index contributed by atoms with van der Waals surface area (Å²) in [6.07, 6.45) is -0.888. The number of rotatable bonds is 2. The maximum absolute atomic E-state index is 11.6. The van der Waals surface area contributed by atoms with Crippen LogP contribution in [0.4, 0.5) is 5.82 Å². The van der Waals surface area contributed by atoms with E-state index in [0.717, 1.165) is 0 Å².